The van der Waals surface area contributed by atoms with Crippen LogP contribution in [0.15, 0.2) is 24.3 Å². The maximum Gasteiger partial charge on any atom is 0.253 e. The number of piperidine rings is 1. The Morgan fingerprint density at radius 2 is 2.35 bits per heavy atom. The van der Waals surface area contributed by atoms with E-state index < -0.39 is 0 Å². The summed E-state index contributed by atoms with van der Waals surface area (Å²) in [6.45, 7) is 3.95. The van der Waals surface area contributed by atoms with Crippen LogP contribution in [-0.2, 0) is 0 Å². The van der Waals surface area contributed by atoms with Gasteiger partial charge in [-0.1, -0.05) is 24.8 Å². The largest absolute Gasteiger partial charge is 0.395 e. The Labute approximate surface area is 120 Å². The van der Waals surface area contributed by atoms with E-state index in [2.05, 4.69) is 18.8 Å². The molecule has 1 aliphatic rings. The highest BCUT2D eigenvalue weighted by atomic mass is 16.2. The van der Waals surface area contributed by atoms with Gasteiger partial charge in [0.15, 0.2) is 0 Å². The molecule has 1 fully saturated rings. The third-order valence-corrected chi connectivity index (χ3v) is 3.52. The van der Waals surface area contributed by atoms with E-state index in [1.807, 2.05) is 29.2 Å². The van der Waals surface area contributed by atoms with E-state index in [1.54, 1.807) is 0 Å². The van der Waals surface area contributed by atoms with Crippen molar-refractivity contribution in [2.24, 2.45) is 5.92 Å². The van der Waals surface area contributed by atoms with Crippen molar-refractivity contribution in [1.29, 1.82) is 0 Å². The fourth-order valence-corrected chi connectivity index (χ4v) is 2.51. The van der Waals surface area contributed by atoms with Crippen LogP contribution in [0.4, 0.5) is 0 Å². The molecular formula is C17H21NO2. The van der Waals surface area contributed by atoms with Crippen LogP contribution in [0.25, 0.3) is 0 Å². The molecule has 0 aromatic heterocycles. The van der Waals surface area contributed by atoms with Crippen molar-refractivity contribution in [2.75, 3.05) is 19.7 Å². The number of likely N-dealkylation sites (tertiary alicyclic amines) is 1. The highest BCUT2D eigenvalue weighted by Crippen LogP contribution is 2.18. The maximum atomic E-state index is 12.5. The van der Waals surface area contributed by atoms with Gasteiger partial charge in [-0.2, -0.15) is 0 Å². The first-order valence-corrected chi connectivity index (χ1v) is 7.20. The summed E-state index contributed by atoms with van der Waals surface area (Å²) >= 11 is 0. The highest BCUT2D eigenvalue weighted by Gasteiger charge is 2.21. The van der Waals surface area contributed by atoms with Crippen LogP contribution in [0, 0.1) is 17.8 Å². The quantitative estimate of drug-likeness (QED) is 0.838. The average Bonchev–Trinajstić information content (AvgIpc) is 2.47. The number of aliphatic hydroxyl groups excluding tert-OH is 1. The van der Waals surface area contributed by atoms with Crippen LogP contribution >= 0.6 is 0 Å². The van der Waals surface area contributed by atoms with Crippen molar-refractivity contribution in [2.45, 2.75) is 26.2 Å². The van der Waals surface area contributed by atoms with Gasteiger partial charge in [-0.3, -0.25) is 4.79 Å². The number of nitrogens with zero attached hydrogens (tertiary/aromatic N) is 1. The second-order valence-electron chi connectivity index (χ2n) is 5.35. The Bertz CT molecular complexity index is 527. The summed E-state index contributed by atoms with van der Waals surface area (Å²) in [5.41, 5.74) is 1.53. The van der Waals surface area contributed by atoms with E-state index in [4.69, 9.17) is 5.11 Å². The number of rotatable bonds is 2. The molecule has 20 heavy (non-hydrogen) atoms. The molecule has 1 unspecified atom stereocenters. The molecule has 2 rings (SSSR count). The van der Waals surface area contributed by atoms with Crippen LogP contribution < -0.4 is 0 Å². The molecule has 0 saturated carbocycles. The van der Waals surface area contributed by atoms with E-state index in [0.717, 1.165) is 25.1 Å². The zero-order valence-electron chi connectivity index (χ0n) is 11.9. The standard InChI is InChI=1S/C17H21NO2/c1-14-6-5-10-18(13-14)17(20)16-9-4-8-15(12-16)7-2-3-11-19/h4,8-9,12,14,19H,3,5-6,10-11,13H2,1H3. The number of hydrogen-bond donors (Lipinski definition) is 1. The Hall–Kier alpha value is -1.79. The molecule has 1 aliphatic heterocycles. The molecule has 0 spiro atoms. The van der Waals surface area contributed by atoms with Gasteiger partial charge < -0.3 is 10.0 Å². The van der Waals surface area contributed by atoms with Crippen molar-refractivity contribution >= 4 is 5.91 Å². The van der Waals surface area contributed by atoms with Crippen LogP contribution in [0.2, 0.25) is 0 Å². The van der Waals surface area contributed by atoms with Crippen LogP contribution in [0.3, 0.4) is 0 Å². The fourth-order valence-electron chi connectivity index (χ4n) is 2.51. The minimum absolute atomic E-state index is 0.0668. The summed E-state index contributed by atoms with van der Waals surface area (Å²) in [4.78, 5) is 14.4. The van der Waals surface area contributed by atoms with Crippen molar-refractivity contribution in [1.82, 2.24) is 4.90 Å². The van der Waals surface area contributed by atoms with E-state index >= 15 is 0 Å². The lowest BCUT2D eigenvalue weighted by molar-refractivity contribution is 0.0683. The Balaban J connectivity index is 2.10. The lowest BCUT2D eigenvalue weighted by Gasteiger charge is -2.31. The third-order valence-electron chi connectivity index (χ3n) is 3.52. The van der Waals surface area contributed by atoms with Gasteiger partial charge in [0.05, 0.1) is 6.61 Å². The van der Waals surface area contributed by atoms with E-state index in [1.165, 1.54) is 6.42 Å². The smallest absolute Gasteiger partial charge is 0.253 e. The van der Waals surface area contributed by atoms with Gasteiger partial charge in [-0.05, 0) is 37.0 Å². The third kappa shape index (κ3) is 3.85. The van der Waals surface area contributed by atoms with Crippen molar-refractivity contribution in [3.8, 4) is 11.8 Å². The number of amides is 1. The van der Waals surface area contributed by atoms with Crippen LogP contribution in [-0.4, -0.2) is 35.6 Å². The lowest BCUT2D eigenvalue weighted by atomic mass is 9.99. The Morgan fingerprint density at radius 1 is 1.50 bits per heavy atom. The van der Waals surface area contributed by atoms with Crippen molar-refractivity contribution in [3.63, 3.8) is 0 Å². The molecule has 3 nitrogen and oxygen atoms in total. The second kappa shape index (κ2) is 7.12. The van der Waals surface area contributed by atoms with Gasteiger partial charge in [0, 0.05) is 30.6 Å². The average molecular weight is 271 g/mol. The first-order valence-electron chi connectivity index (χ1n) is 7.20. The van der Waals surface area contributed by atoms with Gasteiger partial charge in [0.1, 0.15) is 0 Å². The molecule has 1 aromatic rings. The molecule has 0 radical (unpaired) electrons. The number of benzene rings is 1. The maximum absolute atomic E-state index is 12.5. The van der Waals surface area contributed by atoms with E-state index in [-0.39, 0.29) is 12.5 Å². The number of carbonyl (C=O) groups excluding carboxylic acids is 1. The van der Waals surface area contributed by atoms with Gasteiger partial charge in [0.25, 0.3) is 5.91 Å². The first-order chi connectivity index (χ1) is 9.70. The second-order valence-corrected chi connectivity index (χ2v) is 5.35. The zero-order valence-corrected chi connectivity index (χ0v) is 11.9. The van der Waals surface area contributed by atoms with Crippen molar-refractivity contribution < 1.29 is 9.90 Å². The SMILES string of the molecule is CC1CCCN(C(=O)c2cccc(C#CCCO)c2)C1. The van der Waals surface area contributed by atoms with Gasteiger partial charge >= 0.3 is 0 Å². The zero-order chi connectivity index (χ0) is 14.4. The molecule has 1 N–H and O–H groups in total. The molecule has 106 valence electrons. The molecule has 0 bridgehead atoms. The summed E-state index contributed by atoms with van der Waals surface area (Å²) in [5, 5.41) is 8.72. The van der Waals surface area contributed by atoms with Gasteiger partial charge in [-0.15, -0.1) is 0 Å². The fraction of sp³-hybridized carbons (Fsp3) is 0.471. The van der Waals surface area contributed by atoms with Crippen LogP contribution in [0.1, 0.15) is 42.1 Å². The molecule has 1 heterocycles. The molecule has 3 heteroatoms. The summed E-state index contributed by atoms with van der Waals surface area (Å²) in [6.07, 6.45) is 2.75. The predicted octanol–water partition coefficient (Wildman–Crippen LogP) is 2.29. The summed E-state index contributed by atoms with van der Waals surface area (Å²) in [6, 6.07) is 7.44. The molecule has 1 atom stereocenters. The van der Waals surface area contributed by atoms with Gasteiger partial charge in [0.2, 0.25) is 0 Å². The topological polar surface area (TPSA) is 40.5 Å². The Kier molecular flexibility index (Phi) is 5.20. The molecule has 1 aromatic carbocycles. The van der Waals surface area contributed by atoms with E-state index in [9.17, 15) is 4.79 Å². The lowest BCUT2D eigenvalue weighted by Crippen LogP contribution is -2.39. The summed E-state index contributed by atoms with van der Waals surface area (Å²) in [5.74, 6) is 6.53. The number of aliphatic hydroxyl groups is 1. The first kappa shape index (κ1) is 14.6. The van der Waals surface area contributed by atoms with Gasteiger partial charge in [-0.25, -0.2) is 0 Å². The predicted molar refractivity (Wildman–Crippen MR) is 79.3 cm³/mol. The molecule has 1 amide bonds. The minimum Gasteiger partial charge on any atom is -0.395 e. The molecular weight excluding hydrogens is 250 g/mol. The normalized spacial score (nSPS) is 18.3. The van der Waals surface area contributed by atoms with Crippen LogP contribution in [0.5, 0.6) is 0 Å². The monoisotopic (exact) mass is 271 g/mol. The minimum atomic E-state index is 0.0668. The number of carbonyl (C=O) groups is 1. The highest BCUT2D eigenvalue weighted by molar-refractivity contribution is 5.94. The number of hydrogen-bond acceptors (Lipinski definition) is 2. The Morgan fingerprint density at radius 3 is 3.10 bits per heavy atom. The molecule has 0 aliphatic carbocycles. The summed E-state index contributed by atoms with van der Waals surface area (Å²) < 4.78 is 0. The van der Waals surface area contributed by atoms with Crippen molar-refractivity contribution in [3.05, 3.63) is 35.4 Å². The summed E-state index contributed by atoms with van der Waals surface area (Å²) in [7, 11) is 0. The van der Waals surface area contributed by atoms with E-state index in [0.29, 0.717) is 17.9 Å². The molecule has 1 saturated heterocycles.